The lowest BCUT2D eigenvalue weighted by Crippen LogP contribution is -2.01. The molecule has 1 aliphatic rings. The minimum atomic E-state index is -0.366. The fraction of sp³-hybridized carbons (Fsp3) is 0.111. The Morgan fingerprint density at radius 2 is 2.00 bits per heavy atom. The van der Waals surface area contributed by atoms with Crippen molar-refractivity contribution >= 4 is 22.7 Å². The number of aryl methyl sites for hydroxylation is 1. The van der Waals surface area contributed by atoms with E-state index in [2.05, 4.69) is 0 Å². The van der Waals surface area contributed by atoms with Gasteiger partial charge in [0.2, 0.25) is 5.78 Å². The van der Waals surface area contributed by atoms with Gasteiger partial charge in [0.15, 0.2) is 0 Å². The normalized spacial score (nSPS) is 15.1. The summed E-state index contributed by atoms with van der Waals surface area (Å²) in [6.07, 6.45) is 0. The Kier molecular flexibility index (Phi) is 1.54. The van der Waals surface area contributed by atoms with Crippen molar-refractivity contribution in [3.63, 3.8) is 0 Å². The Morgan fingerprint density at radius 1 is 1.25 bits per heavy atom. The van der Waals surface area contributed by atoms with Crippen molar-refractivity contribution in [2.24, 2.45) is 0 Å². The molecule has 0 bridgehead atoms. The standard InChI is InChI=1S/C9H6O2S/c1-5-2-3-6-7(4-5)12-9(11)8(6)10/h2-4H,1H3. The lowest BCUT2D eigenvalue weighted by Gasteiger charge is -1.95. The summed E-state index contributed by atoms with van der Waals surface area (Å²) in [5.74, 6) is -0.366. The van der Waals surface area contributed by atoms with Crippen molar-refractivity contribution in [2.45, 2.75) is 11.8 Å². The van der Waals surface area contributed by atoms with Crippen LogP contribution in [-0.2, 0) is 4.79 Å². The summed E-state index contributed by atoms with van der Waals surface area (Å²) in [7, 11) is 0. The average molecular weight is 178 g/mol. The number of hydrogen-bond acceptors (Lipinski definition) is 3. The van der Waals surface area contributed by atoms with Gasteiger partial charge in [0, 0.05) is 10.5 Å². The fourth-order valence-electron chi connectivity index (χ4n) is 1.16. The van der Waals surface area contributed by atoms with E-state index >= 15 is 0 Å². The van der Waals surface area contributed by atoms with Crippen LogP contribution in [0, 0.1) is 6.92 Å². The van der Waals surface area contributed by atoms with Crippen molar-refractivity contribution in [3.05, 3.63) is 29.3 Å². The van der Waals surface area contributed by atoms with Crippen molar-refractivity contribution in [3.8, 4) is 0 Å². The van der Waals surface area contributed by atoms with E-state index in [0.717, 1.165) is 22.2 Å². The number of carbonyl (C=O) groups excluding carboxylic acids is 2. The van der Waals surface area contributed by atoms with Gasteiger partial charge in [-0.2, -0.15) is 0 Å². The minimum Gasteiger partial charge on any atom is -0.284 e. The second-order valence-electron chi connectivity index (χ2n) is 2.72. The maximum Gasteiger partial charge on any atom is 0.264 e. The van der Waals surface area contributed by atoms with Crippen LogP contribution in [-0.4, -0.2) is 10.9 Å². The molecule has 0 saturated heterocycles. The summed E-state index contributed by atoms with van der Waals surface area (Å²) in [6, 6.07) is 5.42. The summed E-state index contributed by atoms with van der Waals surface area (Å²) < 4.78 is 0. The van der Waals surface area contributed by atoms with Gasteiger partial charge < -0.3 is 0 Å². The lowest BCUT2D eigenvalue weighted by molar-refractivity contribution is -0.107. The zero-order valence-electron chi connectivity index (χ0n) is 6.46. The van der Waals surface area contributed by atoms with Crippen LogP contribution in [0.1, 0.15) is 15.9 Å². The van der Waals surface area contributed by atoms with Gasteiger partial charge in [-0.15, -0.1) is 0 Å². The topological polar surface area (TPSA) is 34.1 Å². The lowest BCUT2D eigenvalue weighted by atomic mass is 10.1. The molecule has 2 nitrogen and oxygen atoms in total. The second-order valence-corrected chi connectivity index (χ2v) is 3.73. The van der Waals surface area contributed by atoms with Crippen LogP contribution < -0.4 is 0 Å². The molecule has 3 heteroatoms. The molecule has 1 aromatic carbocycles. The first-order valence-corrected chi connectivity index (χ1v) is 4.37. The number of fused-ring (bicyclic) bond motifs is 1. The van der Waals surface area contributed by atoms with E-state index in [4.69, 9.17) is 0 Å². The number of rotatable bonds is 0. The molecule has 0 fully saturated rings. The SMILES string of the molecule is Cc1ccc2c(c1)SC(=O)C2=O. The van der Waals surface area contributed by atoms with E-state index in [1.54, 1.807) is 6.07 Å². The van der Waals surface area contributed by atoms with Crippen LogP contribution in [0.25, 0.3) is 0 Å². The number of thioether (sulfide) groups is 1. The minimum absolute atomic E-state index is 0.365. The summed E-state index contributed by atoms with van der Waals surface area (Å²) >= 11 is 1.02. The Bertz CT molecular complexity index is 382. The highest BCUT2D eigenvalue weighted by Gasteiger charge is 2.28. The Labute approximate surface area is 74.0 Å². The van der Waals surface area contributed by atoms with Crippen LogP contribution in [0.15, 0.2) is 23.1 Å². The third-order valence-corrected chi connectivity index (χ3v) is 2.70. The molecule has 1 heterocycles. The third kappa shape index (κ3) is 0.975. The molecule has 0 unspecified atom stereocenters. The van der Waals surface area contributed by atoms with Gasteiger partial charge in [0.05, 0.1) is 0 Å². The highest BCUT2D eigenvalue weighted by atomic mass is 32.2. The molecule has 1 aliphatic heterocycles. The molecule has 12 heavy (non-hydrogen) atoms. The van der Waals surface area contributed by atoms with Crippen molar-refractivity contribution in [2.75, 3.05) is 0 Å². The van der Waals surface area contributed by atoms with Gasteiger partial charge in [-0.25, -0.2) is 0 Å². The molecule has 0 atom stereocenters. The van der Waals surface area contributed by atoms with Crippen molar-refractivity contribution in [1.82, 2.24) is 0 Å². The first-order valence-electron chi connectivity index (χ1n) is 3.55. The summed E-state index contributed by atoms with van der Waals surface area (Å²) in [6.45, 7) is 1.94. The van der Waals surface area contributed by atoms with Gasteiger partial charge in [-0.1, -0.05) is 6.07 Å². The van der Waals surface area contributed by atoms with E-state index in [1.807, 2.05) is 19.1 Å². The van der Waals surface area contributed by atoms with Gasteiger partial charge in [-0.05, 0) is 36.4 Å². The summed E-state index contributed by atoms with van der Waals surface area (Å²) in [4.78, 5) is 22.9. The number of hydrogen-bond donors (Lipinski definition) is 0. The predicted molar refractivity (Wildman–Crippen MR) is 46.4 cm³/mol. The molecule has 1 aromatic rings. The molecular weight excluding hydrogens is 172 g/mol. The van der Waals surface area contributed by atoms with E-state index in [9.17, 15) is 9.59 Å². The Hall–Kier alpha value is -1.09. The van der Waals surface area contributed by atoms with E-state index in [1.165, 1.54) is 0 Å². The number of carbonyl (C=O) groups is 2. The molecule has 0 radical (unpaired) electrons. The van der Waals surface area contributed by atoms with Crippen LogP contribution in [0.4, 0.5) is 0 Å². The van der Waals surface area contributed by atoms with Gasteiger partial charge in [0.25, 0.3) is 5.12 Å². The maximum atomic E-state index is 11.1. The number of ketones is 1. The predicted octanol–water partition coefficient (Wildman–Crippen LogP) is 1.81. The number of Topliss-reactive ketones (excluding diaryl/α,β-unsaturated/α-hetero) is 1. The molecule has 0 aromatic heterocycles. The first-order chi connectivity index (χ1) is 5.68. The van der Waals surface area contributed by atoms with Gasteiger partial charge in [-0.3, -0.25) is 9.59 Å². The zero-order chi connectivity index (χ0) is 8.72. The molecule has 0 N–H and O–H groups in total. The second kappa shape index (κ2) is 2.45. The molecule has 0 amide bonds. The van der Waals surface area contributed by atoms with Crippen molar-refractivity contribution in [1.29, 1.82) is 0 Å². The first kappa shape index (κ1) is 7.55. The summed E-state index contributed by atoms with van der Waals surface area (Å²) in [5.41, 5.74) is 1.62. The van der Waals surface area contributed by atoms with E-state index in [0.29, 0.717) is 5.56 Å². The monoisotopic (exact) mass is 178 g/mol. The van der Waals surface area contributed by atoms with Crippen LogP contribution in [0.2, 0.25) is 0 Å². The zero-order valence-corrected chi connectivity index (χ0v) is 7.27. The molecule has 0 saturated carbocycles. The van der Waals surface area contributed by atoms with Crippen molar-refractivity contribution < 1.29 is 9.59 Å². The molecular formula is C9H6O2S. The highest BCUT2D eigenvalue weighted by Crippen LogP contribution is 2.32. The highest BCUT2D eigenvalue weighted by molar-refractivity contribution is 8.16. The van der Waals surface area contributed by atoms with Gasteiger partial charge >= 0.3 is 0 Å². The summed E-state index contributed by atoms with van der Waals surface area (Å²) in [5, 5.41) is -0.365. The van der Waals surface area contributed by atoms with E-state index < -0.39 is 0 Å². The molecule has 0 aliphatic carbocycles. The quantitative estimate of drug-likeness (QED) is 0.568. The molecule has 60 valence electrons. The Balaban J connectivity index is 2.62. The largest absolute Gasteiger partial charge is 0.284 e. The van der Waals surface area contributed by atoms with Crippen LogP contribution in [0.3, 0.4) is 0 Å². The molecule has 0 spiro atoms. The average Bonchev–Trinajstić information content (AvgIpc) is 2.28. The fourth-order valence-corrected chi connectivity index (χ4v) is 2.08. The third-order valence-electron chi connectivity index (χ3n) is 1.77. The van der Waals surface area contributed by atoms with Gasteiger partial charge in [0.1, 0.15) is 0 Å². The van der Waals surface area contributed by atoms with Crippen LogP contribution >= 0.6 is 11.8 Å². The molecule has 2 rings (SSSR count). The number of benzene rings is 1. The van der Waals surface area contributed by atoms with Crippen LogP contribution in [0.5, 0.6) is 0 Å². The van der Waals surface area contributed by atoms with E-state index in [-0.39, 0.29) is 10.9 Å². The Morgan fingerprint density at radius 3 is 2.75 bits per heavy atom. The smallest absolute Gasteiger partial charge is 0.264 e. The maximum absolute atomic E-state index is 11.1.